The Hall–Kier alpha value is -1.37. The topological polar surface area (TPSA) is 47.3 Å². The third-order valence-electron chi connectivity index (χ3n) is 2.13. The highest BCUT2D eigenvalue weighted by molar-refractivity contribution is 5.23. The number of nitriles is 1. The molecule has 1 atom stereocenters. The molecule has 3 nitrogen and oxygen atoms in total. The maximum atomic E-state index is 9.00. The van der Waals surface area contributed by atoms with E-state index in [1.165, 1.54) is 0 Å². The van der Waals surface area contributed by atoms with Gasteiger partial charge in [0.25, 0.3) is 0 Å². The summed E-state index contributed by atoms with van der Waals surface area (Å²) in [6.45, 7) is 0.578. The summed E-state index contributed by atoms with van der Waals surface area (Å²) in [6, 6.07) is 11.5. The van der Waals surface area contributed by atoms with Crippen LogP contribution in [0.25, 0.3) is 0 Å². The molecule has 0 saturated carbocycles. The average Bonchev–Trinajstić information content (AvgIpc) is 2.21. The zero-order valence-corrected chi connectivity index (χ0v) is 8.22. The molecule has 1 aromatic rings. The molecule has 1 rings (SSSR count). The van der Waals surface area contributed by atoms with E-state index < -0.39 is 0 Å². The molecule has 1 unspecified atom stereocenters. The third kappa shape index (κ3) is 2.56. The Labute approximate surface area is 84.2 Å². The van der Waals surface area contributed by atoms with Gasteiger partial charge in [0.1, 0.15) is 6.04 Å². The lowest BCUT2D eigenvalue weighted by Crippen LogP contribution is -2.26. The van der Waals surface area contributed by atoms with Gasteiger partial charge in [0.2, 0.25) is 0 Å². The monoisotopic (exact) mass is 190 g/mol. The first-order chi connectivity index (χ1) is 6.79. The normalized spacial score (nSPS) is 12.4. The third-order valence-corrected chi connectivity index (χ3v) is 2.13. The molecule has 74 valence electrons. The van der Waals surface area contributed by atoms with Crippen molar-refractivity contribution in [3.05, 3.63) is 35.9 Å². The predicted molar refractivity (Wildman–Crippen MR) is 54.5 cm³/mol. The molecule has 0 aliphatic heterocycles. The first-order valence-corrected chi connectivity index (χ1v) is 4.55. The van der Waals surface area contributed by atoms with E-state index in [9.17, 15) is 0 Å². The summed E-state index contributed by atoms with van der Waals surface area (Å²) in [4.78, 5) is 1.83. The molecule has 1 N–H and O–H groups in total. The Balaban J connectivity index is 2.78. The van der Waals surface area contributed by atoms with E-state index in [2.05, 4.69) is 6.07 Å². The highest BCUT2D eigenvalue weighted by atomic mass is 16.3. The number of hydrogen-bond acceptors (Lipinski definition) is 3. The fraction of sp³-hybridized carbons (Fsp3) is 0.364. The van der Waals surface area contributed by atoms with Gasteiger partial charge >= 0.3 is 0 Å². The van der Waals surface area contributed by atoms with E-state index in [1.54, 1.807) is 0 Å². The quantitative estimate of drug-likeness (QED) is 0.775. The summed E-state index contributed by atoms with van der Waals surface area (Å²) in [6.07, 6.45) is 0. The van der Waals surface area contributed by atoms with E-state index in [4.69, 9.17) is 10.4 Å². The molecule has 0 saturated heterocycles. The summed E-state index contributed by atoms with van der Waals surface area (Å²) < 4.78 is 0. The van der Waals surface area contributed by atoms with Crippen molar-refractivity contribution in [3.8, 4) is 6.07 Å². The van der Waals surface area contributed by atoms with Crippen LogP contribution in [0.15, 0.2) is 30.3 Å². The molecule has 0 aromatic heterocycles. The largest absolute Gasteiger partial charge is 0.395 e. The highest BCUT2D eigenvalue weighted by Crippen LogP contribution is 2.17. The summed E-state index contributed by atoms with van der Waals surface area (Å²) in [7, 11) is 1.83. The van der Waals surface area contributed by atoms with Gasteiger partial charge in [0.05, 0.1) is 12.7 Å². The van der Waals surface area contributed by atoms with E-state index in [0.29, 0.717) is 6.54 Å². The molecule has 0 spiro atoms. The SMILES string of the molecule is CN(CCO)C(C#N)c1ccccc1. The molecule has 3 heteroatoms. The number of benzene rings is 1. The second-order valence-electron chi connectivity index (χ2n) is 3.15. The van der Waals surface area contributed by atoms with E-state index in [1.807, 2.05) is 42.3 Å². The Kier molecular flexibility index (Phi) is 4.11. The fourth-order valence-electron chi connectivity index (χ4n) is 1.35. The summed E-state index contributed by atoms with van der Waals surface area (Å²) in [5.41, 5.74) is 0.964. The molecular weight excluding hydrogens is 176 g/mol. The summed E-state index contributed by atoms with van der Waals surface area (Å²) in [5, 5.41) is 17.8. The highest BCUT2D eigenvalue weighted by Gasteiger charge is 2.14. The van der Waals surface area contributed by atoms with Crippen molar-refractivity contribution in [1.29, 1.82) is 5.26 Å². The minimum atomic E-state index is -0.275. The molecule has 0 heterocycles. The molecule has 14 heavy (non-hydrogen) atoms. The molecule has 0 bridgehead atoms. The van der Waals surface area contributed by atoms with Crippen LogP contribution in [0.1, 0.15) is 11.6 Å². The molecular formula is C11H14N2O. The number of likely N-dealkylation sites (N-methyl/N-ethyl adjacent to an activating group) is 1. The molecule has 0 radical (unpaired) electrons. The maximum Gasteiger partial charge on any atom is 0.123 e. The van der Waals surface area contributed by atoms with Crippen LogP contribution in [-0.4, -0.2) is 30.2 Å². The van der Waals surface area contributed by atoms with E-state index in [-0.39, 0.29) is 12.6 Å². The number of aliphatic hydroxyl groups excluding tert-OH is 1. The zero-order chi connectivity index (χ0) is 10.4. The van der Waals surface area contributed by atoms with Crippen molar-refractivity contribution < 1.29 is 5.11 Å². The van der Waals surface area contributed by atoms with Gasteiger partial charge in [0.15, 0.2) is 0 Å². The Bertz CT molecular complexity index is 305. The van der Waals surface area contributed by atoms with Crippen LogP contribution in [0.3, 0.4) is 0 Å². The first-order valence-electron chi connectivity index (χ1n) is 4.55. The van der Waals surface area contributed by atoms with Gasteiger partial charge in [0, 0.05) is 6.54 Å². The summed E-state index contributed by atoms with van der Waals surface area (Å²) in [5.74, 6) is 0. The number of aliphatic hydroxyl groups is 1. The van der Waals surface area contributed by atoms with Crippen LogP contribution in [0.4, 0.5) is 0 Å². The molecule has 0 fully saturated rings. The van der Waals surface area contributed by atoms with Crippen LogP contribution in [0, 0.1) is 11.3 Å². The minimum absolute atomic E-state index is 0.0709. The number of rotatable bonds is 4. The average molecular weight is 190 g/mol. The van der Waals surface area contributed by atoms with Gasteiger partial charge in [-0.15, -0.1) is 0 Å². The summed E-state index contributed by atoms with van der Waals surface area (Å²) >= 11 is 0. The Morgan fingerprint density at radius 2 is 2.07 bits per heavy atom. The van der Waals surface area contributed by atoms with Crippen molar-refractivity contribution in [2.75, 3.05) is 20.2 Å². The lowest BCUT2D eigenvalue weighted by molar-refractivity contribution is 0.203. The van der Waals surface area contributed by atoms with E-state index >= 15 is 0 Å². The minimum Gasteiger partial charge on any atom is -0.395 e. The lowest BCUT2D eigenvalue weighted by atomic mass is 10.1. The van der Waals surface area contributed by atoms with Gasteiger partial charge < -0.3 is 5.11 Å². The number of nitrogens with zero attached hydrogens (tertiary/aromatic N) is 2. The molecule has 1 aromatic carbocycles. The Morgan fingerprint density at radius 1 is 1.43 bits per heavy atom. The zero-order valence-electron chi connectivity index (χ0n) is 8.22. The van der Waals surface area contributed by atoms with Crippen LogP contribution in [-0.2, 0) is 0 Å². The first kappa shape index (κ1) is 10.7. The van der Waals surface area contributed by atoms with Crippen molar-refractivity contribution in [2.45, 2.75) is 6.04 Å². The van der Waals surface area contributed by atoms with Crippen molar-refractivity contribution >= 4 is 0 Å². The van der Waals surface area contributed by atoms with Crippen molar-refractivity contribution in [1.82, 2.24) is 4.90 Å². The van der Waals surface area contributed by atoms with Crippen LogP contribution < -0.4 is 0 Å². The second kappa shape index (κ2) is 5.38. The maximum absolute atomic E-state index is 9.00. The van der Waals surface area contributed by atoms with Crippen LogP contribution >= 0.6 is 0 Å². The standard InChI is InChI=1S/C11H14N2O/c1-13(7-8-14)11(9-12)10-5-3-2-4-6-10/h2-6,11,14H,7-8H2,1H3. The van der Waals surface area contributed by atoms with Gasteiger partial charge in [-0.25, -0.2) is 0 Å². The Morgan fingerprint density at radius 3 is 2.57 bits per heavy atom. The van der Waals surface area contributed by atoms with Crippen molar-refractivity contribution in [3.63, 3.8) is 0 Å². The van der Waals surface area contributed by atoms with Crippen molar-refractivity contribution in [2.24, 2.45) is 0 Å². The molecule has 0 aliphatic rings. The number of hydrogen-bond donors (Lipinski definition) is 1. The van der Waals surface area contributed by atoms with E-state index in [0.717, 1.165) is 5.56 Å². The van der Waals surface area contributed by atoms with Gasteiger partial charge in [-0.05, 0) is 12.6 Å². The van der Waals surface area contributed by atoms with Gasteiger partial charge in [-0.3, -0.25) is 4.90 Å². The molecule has 0 amide bonds. The smallest absolute Gasteiger partial charge is 0.123 e. The van der Waals surface area contributed by atoms with Gasteiger partial charge in [-0.1, -0.05) is 30.3 Å². The second-order valence-corrected chi connectivity index (χ2v) is 3.15. The molecule has 0 aliphatic carbocycles. The predicted octanol–water partition coefficient (Wildman–Crippen LogP) is 1.18. The fourth-order valence-corrected chi connectivity index (χ4v) is 1.35. The van der Waals surface area contributed by atoms with Crippen LogP contribution in [0.2, 0.25) is 0 Å². The lowest BCUT2D eigenvalue weighted by Gasteiger charge is -2.21. The van der Waals surface area contributed by atoms with Gasteiger partial charge in [-0.2, -0.15) is 5.26 Å². The van der Waals surface area contributed by atoms with Crippen LogP contribution in [0.5, 0.6) is 0 Å².